The lowest BCUT2D eigenvalue weighted by Crippen LogP contribution is -2.25. The molecule has 0 aliphatic rings. The Hall–Kier alpha value is -1.35. The van der Waals surface area contributed by atoms with E-state index in [1.807, 2.05) is 51.1 Å². The highest BCUT2D eigenvalue weighted by Gasteiger charge is 2.18. The molecule has 112 valence electrons. The van der Waals surface area contributed by atoms with Gasteiger partial charge in [0.25, 0.3) is 0 Å². The Labute approximate surface area is 122 Å². The molecule has 3 heteroatoms. The lowest BCUT2D eigenvalue weighted by Gasteiger charge is -2.20. The molecule has 20 heavy (non-hydrogen) atoms. The normalized spacial score (nSPS) is 13.0. The van der Waals surface area contributed by atoms with Crippen molar-refractivity contribution in [2.45, 2.75) is 52.7 Å². The predicted molar refractivity (Wildman–Crippen MR) is 80.3 cm³/mol. The molecule has 0 aliphatic carbocycles. The van der Waals surface area contributed by atoms with E-state index < -0.39 is 5.60 Å². The molecule has 3 nitrogen and oxygen atoms in total. The Kier molecular flexibility index (Phi) is 6.73. The maximum Gasteiger partial charge on any atom is 0.306 e. The summed E-state index contributed by atoms with van der Waals surface area (Å²) in [5.74, 6) is 0.147. The Morgan fingerprint density at radius 3 is 2.45 bits per heavy atom. The van der Waals surface area contributed by atoms with Gasteiger partial charge in [-0.15, -0.1) is 0 Å². The zero-order chi connectivity index (χ0) is 15.0. The van der Waals surface area contributed by atoms with Gasteiger partial charge in [0, 0.05) is 13.0 Å². The fourth-order valence-corrected chi connectivity index (χ4v) is 1.82. The average molecular weight is 278 g/mol. The number of ether oxygens (including phenoxy) is 2. The van der Waals surface area contributed by atoms with Gasteiger partial charge in [0.05, 0.1) is 6.61 Å². The molecule has 0 radical (unpaired) electrons. The molecule has 1 rings (SSSR count). The van der Waals surface area contributed by atoms with E-state index >= 15 is 0 Å². The van der Waals surface area contributed by atoms with Gasteiger partial charge in [-0.1, -0.05) is 37.3 Å². The molecule has 0 saturated heterocycles. The van der Waals surface area contributed by atoms with Gasteiger partial charge in [0.15, 0.2) is 0 Å². The van der Waals surface area contributed by atoms with Crippen LogP contribution in [0.4, 0.5) is 0 Å². The summed E-state index contributed by atoms with van der Waals surface area (Å²) in [5, 5.41) is 0. The van der Waals surface area contributed by atoms with Gasteiger partial charge in [-0.05, 0) is 38.7 Å². The largest absolute Gasteiger partial charge is 0.460 e. The molecule has 0 amide bonds. The third kappa shape index (κ3) is 7.95. The Morgan fingerprint density at radius 1 is 1.20 bits per heavy atom. The Balaban J connectivity index is 2.14. The van der Waals surface area contributed by atoms with E-state index in [9.17, 15) is 4.79 Å². The summed E-state index contributed by atoms with van der Waals surface area (Å²) in [6.07, 6.45) is 1.32. The van der Waals surface area contributed by atoms with E-state index in [0.29, 0.717) is 19.6 Å². The van der Waals surface area contributed by atoms with Crippen LogP contribution in [0.3, 0.4) is 0 Å². The number of hydrogen-bond acceptors (Lipinski definition) is 3. The van der Waals surface area contributed by atoms with Crippen molar-refractivity contribution in [3.63, 3.8) is 0 Å². The molecule has 1 aromatic rings. The molecule has 0 heterocycles. The van der Waals surface area contributed by atoms with Crippen molar-refractivity contribution in [1.29, 1.82) is 0 Å². The van der Waals surface area contributed by atoms with Crippen molar-refractivity contribution in [3.8, 4) is 0 Å². The molecular formula is C17H26O3. The molecule has 0 aromatic heterocycles. The molecule has 0 N–H and O–H groups in total. The first kappa shape index (κ1) is 16.7. The fourth-order valence-electron chi connectivity index (χ4n) is 1.82. The van der Waals surface area contributed by atoms with Gasteiger partial charge < -0.3 is 9.47 Å². The van der Waals surface area contributed by atoms with Crippen molar-refractivity contribution in [2.24, 2.45) is 5.92 Å². The number of carbonyl (C=O) groups excluding carboxylic acids is 1. The molecular weight excluding hydrogens is 252 g/mol. The highest BCUT2D eigenvalue weighted by molar-refractivity contribution is 5.70. The van der Waals surface area contributed by atoms with Crippen LogP contribution in [0.5, 0.6) is 0 Å². The van der Waals surface area contributed by atoms with Crippen LogP contribution >= 0.6 is 0 Å². The zero-order valence-electron chi connectivity index (χ0n) is 13.0. The van der Waals surface area contributed by atoms with Crippen LogP contribution in [0.1, 0.15) is 46.1 Å². The molecule has 1 aromatic carbocycles. The van der Waals surface area contributed by atoms with Crippen molar-refractivity contribution in [1.82, 2.24) is 0 Å². The topological polar surface area (TPSA) is 35.5 Å². The summed E-state index contributed by atoms with van der Waals surface area (Å²) in [7, 11) is 0. The van der Waals surface area contributed by atoms with Crippen LogP contribution in [-0.4, -0.2) is 18.2 Å². The summed E-state index contributed by atoms with van der Waals surface area (Å²) in [5.41, 5.74) is 0.771. The van der Waals surface area contributed by atoms with Gasteiger partial charge in [0.2, 0.25) is 0 Å². The minimum absolute atomic E-state index is 0.131. The van der Waals surface area contributed by atoms with Crippen LogP contribution in [0, 0.1) is 5.92 Å². The summed E-state index contributed by atoms with van der Waals surface area (Å²) in [6.45, 7) is 9.00. The van der Waals surface area contributed by atoms with Gasteiger partial charge >= 0.3 is 5.97 Å². The summed E-state index contributed by atoms with van der Waals surface area (Å²) < 4.78 is 10.9. The summed E-state index contributed by atoms with van der Waals surface area (Å²) in [4.78, 5) is 11.7. The molecule has 0 unspecified atom stereocenters. The van der Waals surface area contributed by atoms with Gasteiger partial charge in [-0.25, -0.2) is 0 Å². The van der Waals surface area contributed by atoms with Crippen molar-refractivity contribution < 1.29 is 14.3 Å². The SMILES string of the molecule is C[C@@H](CCOCc1ccccc1)CC(=O)OC(C)(C)C. The first-order valence-electron chi connectivity index (χ1n) is 7.20. The van der Waals surface area contributed by atoms with Crippen molar-refractivity contribution in [3.05, 3.63) is 35.9 Å². The summed E-state index contributed by atoms with van der Waals surface area (Å²) >= 11 is 0. The third-order valence-corrected chi connectivity index (χ3v) is 2.80. The highest BCUT2D eigenvalue weighted by atomic mass is 16.6. The number of esters is 1. The molecule has 0 spiro atoms. The summed E-state index contributed by atoms with van der Waals surface area (Å²) in [6, 6.07) is 10.1. The molecule has 0 fully saturated rings. The minimum Gasteiger partial charge on any atom is -0.460 e. The first-order chi connectivity index (χ1) is 9.37. The molecule has 1 atom stereocenters. The third-order valence-electron chi connectivity index (χ3n) is 2.80. The minimum atomic E-state index is -0.402. The van der Waals surface area contributed by atoms with E-state index in [4.69, 9.17) is 9.47 Å². The van der Waals surface area contributed by atoms with E-state index in [0.717, 1.165) is 6.42 Å². The van der Waals surface area contributed by atoms with E-state index in [-0.39, 0.29) is 11.9 Å². The second-order valence-electron chi connectivity index (χ2n) is 6.22. The second-order valence-corrected chi connectivity index (χ2v) is 6.22. The Morgan fingerprint density at radius 2 is 1.85 bits per heavy atom. The first-order valence-corrected chi connectivity index (χ1v) is 7.20. The van der Waals surface area contributed by atoms with Crippen LogP contribution in [0.15, 0.2) is 30.3 Å². The van der Waals surface area contributed by atoms with Gasteiger partial charge in [0.1, 0.15) is 5.60 Å². The highest BCUT2D eigenvalue weighted by Crippen LogP contribution is 2.14. The number of benzene rings is 1. The smallest absolute Gasteiger partial charge is 0.306 e. The monoisotopic (exact) mass is 278 g/mol. The van der Waals surface area contributed by atoms with E-state index in [2.05, 4.69) is 6.92 Å². The second kappa shape index (κ2) is 8.05. The standard InChI is InChI=1S/C17H26O3/c1-14(12-16(18)20-17(2,3)4)10-11-19-13-15-8-6-5-7-9-15/h5-9,14H,10-13H2,1-4H3/t14-/m0/s1. The number of rotatable bonds is 7. The number of carbonyl (C=O) groups is 1. The number of hydrogen-bond donors (Lipinski definition) is 0. The molecule has 0 bridgehead atoms. The maximum atomic E-state index is 11.7. The van der Waals surface area contributed by atoms with E-state index in [1.54, 1.807) is 0 Å². The van der Waals surface area contributed by atoms with Gasteiger partial charge in [-0.3, -0.25) is 4.79 Å². The van der Waals surface area contributed by atoms with Crippen molar-refractivity contribution in [2.75, 3.05) is 6.61 Å². The van der Waals surface area contributed by atoms with Crippen LogP contribution in [0.25, 0.3) is 0 Å². The average Bonchev–Trinajstić information content (AvgIpc) is 2.33. The van der Waals surface area contributed by atoms with E-state index in [1.165, 1.54) is 5.56 Å². The van der Waals surface area contributed by atoms with Crippen molar-refractivity contribution >= 4 is 5.97 Å². The van der Waals surface area contributed by atoms with Gasteiger partial charge in [-0.2, -0.15) is 0 Å². The van der Waals surface area contributed by atoms with Crippen LogP contribution in [0.2, 0.25) is 0 Å². The quantitative estimate of drug-likeness (QED) is 0.559. The molecule has 0 aliphatic heterocycles. The lowest BCUT2D eigenvalue weighted by atomic mass is 10.0. The van der Waals surface area contributed by atoms with Crippen LogP contribution < -0.4 is 0 Å². The van der Waals surface area contributed by atoms with Crippen LogP contribution in [-0.2, 0) is 20.9 Å². The Bertz CT molecular complexity index is 392. The predicted octanol–water partition coefficient (Wildman–Crippen LogP) is 3.96. The lowest BCUT2D eigenvalue weighted by molar-refractivity contribution is -0.155. The zero-order valence-corrected chi connectivity index (χ0v) is 13.0. The molecule has 0 saturated carbocycles. The fraction of sp³-hybridized carbons (Fsp3) is 0.588. The maximum absolute atomic E-state index is 11.7.